The second-order valence-electron chi connectivity index (χ2n) is 3.27. The molecular weight excluding hydrogens is 191 g/mol. The van der Waals surface area contributed by atoms with Gasteiger partial charge in [-0.05, 0) is 23.6 Å². The summed E-state index contributed by atoms with van der Waals surface area (Å²) < 4.78 is 13.4. The Morgan fingerprint density at radius 3 is 2.60 bits per heavy atom. The third-order valence-electron chi connectivity index (χ3n) is 2.26. The molecule has 0 saturated heterocycles. The summed E-state index contributed by atoms with van der Waals surface area (Å²) in [6.45, 7) is 0. The molecule has 0 aliphatic carbocycles. The molecular formula is C12H9FN2. The number of anilines is 2. The van der Waals surface area contributed by atoms with Crippen LogP contribution in [0.4, 0.5) is 15.8 Å². The van der Waals surface area contributed by atoms with Gasteiger partial charge in [0.1, 0.15) is 5.82 Å². The predicted molar refractivity (Wildman–Crippen MR) is 60.7 cm³/mol. The Labute approximate surface area is 86.7 Å². The first-order valence-corrected chi connectivity index (χ1v) is 4.37. The lowest BCUT2D eigenvalue weighted by atomic mass is 10.0. The molecule has 2 aromatic rings. The van der Waals surface area contributed by atoms with Crippen LogP contribution in [-0.4, -0.2) is 0 Å². The van der Waals surface area contributed by atoms with Crippen molar-refractivity contribution < 1.29 is 4.39 Å². The van der Waals surface area contributed by atoms with E-state index in [0.717, 1.165) is 5.39 Å². The van der Waals surface area contributed by atoms with Gasteiger partial charge in [-0.25, -0.2) is 4.39 Å². The normalized spacial score (nSPS) is 10.1. The van der Waals surface area contributed by atoms with Crippen LogP contribution < -0.4 is 11.5 Å². The fourth-order valence-corrected chi connectivity index (χ4v) is 1.64. The summed E-state index contributed by atoms with van der Waals surface area (Å²) in [4.78, 5) is 0. The molecule has 0 aliphatic rings. The minimum Gasteiger partial charge on any atom is -0.399 e. The molecule has 0 atom stereocenters. The summed E-state index contributed by atoms with van der Waals surface area (Å²) in [6, 6.07) is 6.21. The van der Waals surface area contributed by atoms with Crippen LogP contribution in [0.1, 0.15) is 5.56 Å². The van der Waals surface area contributed by atoms with Gasteiger partial charge in [0.2, 0.25) is 0 Å². The summed E-state index contributed by atoms with van der Waals surface area (Å²) in [5.74, 6) is 1.86. The molecule has 74 valence electrons. The SMILES string of the molecule is C#Cc1c(F)ccc2cc(N)cc(N)c12. The van der Waals surface area contributed by atoms with Gasteiger partial charge in [-0.1, -0.05) is 12.0 Å². The van der Waals surface area contributed by atoms with E-state index in [1.807, 2.05) is 0 Å². The molecule has 0 aliphatic heterocycles. The molecule has 0 saturated carbocycles. The van der Waals surface area contributed by atoms with Gasteiger partial charge in [0.05, 0.1) is 5.56 Å². The molecule has 15 heavy (non-hydrogen) atoms. The molecule has 0 radical (unpaired) electrons. The lowest BCUT2D eigenvalue weighted by molar-refractivity contribution is 0.626. The minimum absolute atomic E-state index is 0.185. The smallest absolute Gasteiger partial charge is 0.139 e. The highest BCUT2D eigenvalue weighted by Gasteiger charge is 2.08. The van der Waals surface area contributed by atoms with Gasteiger partial charge < -0.3 is 11.5 Å². The van der Waals surface area contributed by atoms with Crippen molar-refractivity contribution in [1.82, 2.24) is 0 Å². The molecule has 0 bridgehead atoms. The molecule has 0 fully saturated rings. The van der Waals surface area contributed by atoms with E-state index in [4.69, 9.17) is 17.9 Å². The maximum atomic E-state index is 13.4. The van der Waals surface area contributed by atoms with Gasteiger partial charge in [-0.2, -0.15) is 0 Å². The molecule has 0 amide bonds. The Hall–Kier alpha value is -2.21. The van der Waals surface area contributed by atoms with Gasteiger partial charge in [0, 0.05) is 16.8 Å². The first-order valence-electron chi connectivity index (χ1n) is 4.37. The molecule has 0 spiro atoms. The van der Waals surface area contributed by atoms with E-state index in [1.165, 1.54) is 6.07 Å². The van der Waals surface area contributed by atoms with Crippen LogP contribution in [0.25, 0.3) is 10.8 Å². The summed E-state index contributed by atoms with van der Waals surface area (Å²) in [5.41, 5.74) is 12.5. The first kappa shape index (κ1) is 9.35. The Kier molecular flexibility index (Phi) is 1.98. The van der Waals surface area contributed by atoms with E-state index in [-0.39, 0.29) is 5.56 Å². The minimum atomic E-state index is -0.443. The number of terminal acetylenes is 1. The predicted octanol–water partition coefficient (Wildman–Crippen LogP) is 2.12. The van der Waals surface area contributed by atoms with Gasteiger partial charge in [-0.15, -0.1) is 6.42 Å². The number of hydrogen-bond donors (Lipinski definition) is 2. The zero-order valence-corrected chi connectivity index (χ0v) is 7.92. The van der Waals surface area contributed by atoms with Crippen LogP contribution in [-0.2, 0) is 0 Å². The second-order valence-corrected chi connectivity index (χ2v) is 3.27. The van der Waals surface area contributed by atoms with Crippen molar-refractivity contribution in [3.63, 3.8) is 0 Å². The Morgan fingerprint density at radius 1 is 1.20 bits per heavy atom. The number of fused-ring (bicyclic) bond motifs is 1. The summed E-state index contributed by atoms with van der Waals surface area (Å²) in [5, 5.41) is 1.30. The average Bonchev–Trinajstić information content (AvgIpc) is 2.18. The zero-order chi connectivity index (χ0) is 11.0. The third-order valence-corrected chi connectivity index (χ3v) is 2.26. The molecule has 0 unspecified atom stereocenters. The average molecular weight is 200 g/mol. The maximum absolute atomic E-state index is 13.4. The van der Waals surface area contributed by atoms with Crippen molar-refractivity contribution in [1.29, 1.82) is 0 Å². The fourth-order valence-electron chi connectivity index (χ4n) is 1.64. The Balaban J connectivity index is 3.00. The van der Waals surface area contributed by atoms with Crippen LogP contribution in [0.15, 0.2) is 24.3 Å². The third kappa shape index (κ3) is 1.36. The van der Waals surface area contributed by atoms with Crippen molar-refractivity contribution in [3.05, 3.63) is 35.6 Å². The zero-order valence-electron chi connectivity index (χ0n) is 7.92. The van der Waals surface area contributed by atoms with Crippen LogP contribution in [0, 0.1) is 18.2 Å². The lowest BCUT2D eigenvalue weighted by Crippen LogP contribution is -1.95. The standard InChI is InChI=1S/C12H9FN2/c1-2-9-10(13)4-3-7-5-8(14)6-11(15)12(7)9/h1,3-6H,14-15H2. The van der Waals surface area contributed by atoms with Crippen molar-refractivity contribution in [2.24, 2.45) is 0 Å². The number of nitrogens with two attached hydrogens (primary N) is 2. The van der Waals surface area contributed by atoms with Crippen LogP contribution in [0.3, 0.4) is 0 Å². The second kappa shape index (κ2) is 3.18. The highest BCUT2D eigenvalue weighted by molar-refractivity contribution is 5.99. The van der Waals surface area contributed by atoms with Gasteiger partial charge >= 0.3 is 0 Å². The lowest BCUT2D eigenvalue weighted by Gasteiger charge is -2.07. The van der Waals surface area contributed by atoms with Crippen molar-refractivity contribution in [3.8, 4) is 12.3 Å². The van der Waals surface area contributed by atoms with Crippen LogP contribution in [0.5, 0.6) is 0 Å². The van der Waals surface area contributed by atoms with E-state index in [0.29, 0.717) is 16.8 Å². The largest absolute Gasteiger partial charge is 0.399 e. The molecule has 3 heteroatoms. The molecule has 4 N–H and O–H groups in total. The Morgan fingerprint density at radius 2 is 1.93 bits per heavy atom. The van der Waals surface area contributed by atoms with Crippen molar-refractivity contribution in [2.45, 2.75) is 0 Å². The van der Waals surface area contributed by atoms with E-state index >= 15 is 0 Å². The number of hydrogen-bond acceptors (Lipinski definition) is 2. The van der Waals surface area contributed by atoms with Crippen molar-refractivity contribution in [2.75, 3.05) is 11.5 Å². The molecule has 2 rings (SSSR count). The molecule has 0 heterocycles. The van der Waals surface area contributed by atoms with Gasteiger partial charge in [0.25, 0.3) is 0 Å². The monoisotopic (exact) mass is 200 g/mol. The van der Waals surface area contributed by atoms with E-state index in [1.54, 1.807) is 18.2 Å². The van der Waals surface area contributed by atoms with E-state index in [2.05, 4.69) is 5.92 Å². The molecule has 2 aromatic carbocycles. The maximum Gasteiger partial charge on any atom is 0.139 e. The first-order chi connectivity index (χ1) is 7.13. The number of rotatable bonds is 0. The van der Waals surface area contributed by atoms with Crippen LogP contribution in [0.2, 0.25) is 0 Å². The molecule has 0 aromatic heterocycles. The van der Waals surface area contributed by atoms with Crippen molar-refractivity contribution >= 4 is 22.1 Å². The topological polar surface area (TPSA) is 52.0 Å². The number of halogens is 1. The highest BCUT2D eigenvalue weighted by atomic mass is 19.1. The summed E-state index contributed by atoms with van der Waals surface area (Å²) in [7, 11) is 0. The quantitative estimate of drug-likeness (QED) is 0.505. The van der Waals surface area contributed by atoms with Crippen LogP contribution >= 0.6 is 0 Å². The Bertz CT molecular complexity index is 582. The van der Waals surface area contributed by atoms with E-state index in [9.17, 15) is 4.39 Å². The number of benzene rings is 2. The summed E-state index contributed by atoms with van der Waals surface area (Å²) >= 11 is 0. The highest BCUT2D eigenvalue weighted by Crippen LogP contribution is 2.28. The summed E-state index contributed by atoms with van der Waals surface area (Å²) in [6.07, 6.45) is 5.25. The van der Waals surface area contributed by atoms with E-state index < -0.39 is 5.82 Å². The van der Waals surface area contributed by atoms with Gasteiger partial charge in [-0.3, -0.25) is 0 Å². The number of nitrogen functional groups attached to an aromatic ring is 2. The van der Waals surface area contributed by atoms with Gasteiger partial charge in [0.15, 0.2) is 0 Å². The fraction of sp³-hybridized carbons (Fsp3) is 0. The molecule has 2 nitrogen and oxygen atoms in total.